The quantitative estimate of drug-likeness (QED) is 0.400. The van der Waals surface area contributed by atoms with Crippen molar-refractivity contribution in [3.8, 4) is 11.5 Å². The van der Waals surface area contributed by atoms with Gasteiger partial charge in [-0.2, -0.15) is 0 Å². The van der Waals surface area contributed by atoms with E-state index >= 15 is 0 Å². The molecule has 0 N–H and O–H groups in total. The van der Waals surface area contributed by atoms with E-state index in [1.807, 2.05) is 0 Å². The monoisotopic (exact) mass is 403 g/mol. The van der Waals surface area contributed by atoms with Crippen LogP contribution in [0.3, 0.4) is 0 Å². The first-order valence-electron chi connectivity index (χ1n) is 5.47. The highest BCUT2D eigenvalue weighted by Crippen LogP contribution is 2.30. The second-order valence-electron chi connectivity index (χ2n) is 3.89. The van der Waals surface area contributed by atoms with E-state index in [-0.39, 0.29) is 5.69 Å². The first-order chi connectivity index (χ1) is 9.49. The molecule has 2 aromatic carbocycles. The van der Waals surface area contributed by atoms with Crippen LogP contribution in [0.15, 0.2) is 40.9 Å². The Morgan fingerprint density at radius 2 is 1.95 bits per heavy atom. The van der Waals surface area contributed by atoms with Crippen LogP contribution < -0.4 is 4.74 Å². The van der Waals surface area contributed by atoms with Crippen molar-refractivity contribution < 1.29 is 14.1 Å². The van der Waals surface area contributed by atoms with Gasteiger partial charge in [0.25, 0.3) is 5.69 Å². The highest BCUT2D eigenvalue weighted by molar-refractivity contribution is 9.10. The lowest BCUT2D eigenvalue weighted by molar-refractivity contribution is -0.385. The smallest absolute Gasteiger partial charge is 0.273 e. The van der Waals surface area contributed by atoms with Gasteiger partial charge in [-0.3, -0.25) is 10.1 Å². The zero-order chi connectivity index (χ0) is 14.7. The van der Waals surface area contributed by atoms with Crippen LogP contribution in [0.5, 0.6) is 11.5 Å². The summed E-state index contributed by atoms with van der Waals surface area (Å²) < 4.78 is 19.3. The predicted octanol–water partition coefficient (Wildman–Crippen LogP) is 5.18. The van der Waals surface area contributed by atoms with Crippen molar-refractivity contribution in [2.45, 2.75) is 5.33 Å². The van der Waals surface area contributed by atoms with Crippen LogP contribution in [-0.4, -0.2) is 4.92 Å². The number of hydrogen-bond acceptors (Lipinski definition) is 3. The Morgan fingerprint density at radius 1 is 1.20 bits per heavy atom. The molecule has 20 heavy (non-hydrogen) atoms. The van der Waals surface area contributed by atoms with Gasteiger partial charge in [-0.15, -0.1) is 0 Å². The van der Waals surface area contributed by atoms with Gasteiger partial charge < -0.3 is 4.74 Å². The van der Waals surface area contributed by atoms with Gasteiger partial charge in [-0.05, 0) is 24.3 Å². The Morgan fingerprint density at radius 3 is 2.55 bits per heavy atom. The lowest BCUT2D eigenvalue weighted by Gasteiger charge is -2.08. The highest BCUT2D eigenvalue weighted by atomic mass is 79.9. The van der Waals surface area contributed by atoms with E-state index in [1.54, 1.807) is 12.1 Å². The fourth-order valence-electron chi connectivity index (χ4n) is 1.63. The van der Waals surface area contributed by atoms with Gasteiger partial charge >= 0.3 is 0 Å². The van der Waals surface area contributed by atoms with E-state index in [1.165, 1.54) is 24.3 Å². The number of nitro groups is 1. The molecule has 2 rings (SSSR count). The topological polar surface area (TPSA) is 52.4 Å². The third-order valence-electron chi connectivity index (χ3n) is 2.46. The fourth-order valence-corrected chi connectivity index (χ4v) is 2.53. The Labute approximate surface area is 131 Å². The van der Waals surface area contributed by atoms with Crippen molar-refractivity contribution in [1.82, 2.24) is 0 Å². The maximum atomic E-state index is 13.2. The molecule has 0 heterocycles. The minimum absolute atomic E-state index is 0.00893. The van der Waals surface area contributed by atoms with Crippen molar-refractivity contribution in [1.29, 1.82) is 0 Å². The van der Waals surface area contributed by atoms with E-state index in [0.717, 1.165) is 0 Å². The van der Waals surface area contributed by atoms with Crippen molar-refractivity contribution >= 4 is 37.5 Å². The maximum Gasteiger partial charge on any atom is 0.273 e. The minimum Gasteiger partial charge on any atom is -0.457 e. The Hall–Kier alpha value is -1.47. The molecule has 0 radical (unpaired) electrons. The molecule has 0 aliphatic rings. The van der Waals surface area contributed by atoms with E-state index in [4.69, 9.17) is 4.74 Å². The van der Waals surface area contributed by atoms with Crippen LogP contribution in [0.4, 0.5) is 10.1 Å². The zero-order valence-electron chi connectivity index (χ0n) is 9.98. The number of nitrogens with zero attached hydrogens (tertiary/aromatic N) is 1. The van der Waals surface area contributed by atoms with Crippen molar-refractivity contribution in [2.75, 3.05) is 0 Å². The third-order valence-corrected chi connectivity index (χ3v) is 3.53. The molecule has 0 unspecified atom stereocenters. The van der Waals surface area contributed by atoms with Crippen molar-refractivity contribution in [2.24, 2.45) is 0 Å². The number of rotatable bonds is 4. The number of ether oxygens (including phenoxy) is 1. The summed E-state index contributed by atoms with van der Waals surface area (Å²) in [5.41, 5.74) is 0.498. The van der Waals surface area contributed by atoms with Crippen LogP contribution in [0.1, 0.15) is 5.56 Å². The zero-order valence-corrected chi connectivity index (χ0v) is 13.1. The molecule has 0 aliphatic heterocycles. The van der Waals surface area contributed by atoms with Crippen LogP contribution >= 0.6 is 31.9 Å². The standard InChI is InChI=1S/C13H8Br2FNO3/c14-7-8-3-11(1-2-13(8)17(18)19)20-12-5-9(15)4-10(16)6-12/h1-6H,7H2. The molecule has 4 nitrogen and oxygen atoms in total. The first kappa shape index (κ1) is 14.9. The number of benzene rings is 2. The Bertz CT molecular complexity index is 644. The number of nitro benzene ring substituents is 1. The van der Waals surface area contributed by atoms with E-state index in [2.05, 4.69) is 31.9 Å². The summed E-state index contributed by atoms with van der Waals surface area (Å²) in [7, 11) is 0. The fraction of sp³-hybridized carbons (Fsp3) is 0.0769. The van der Waals surface area contributed by atoms with Gasteiger partial charge in [-0.1, -0.05) is 31.9 Å². The molecule has 0 saturated carbocycles. The van der Waals surface area contributed by atoms with Gasteiger partial charge in [-0.25, -0.2) is 4.39 Å². The maximum absolute atomic E-state index is 13.2. The Kier molecular flexibility index (Phi) is 4.72. The largest absolute Gasteiger partial charge is 0.457 e. The molecule has 0 fully saturated rings. The number of hydrogen-bond donors (Lipinski definition) is 0. The lowest BCUT2D eigenvalue weighted by atomic mass is 10.2. The molecule has 0 saturated heterocycles. The second-order valence-corrected chi connectivity index (χ2v) is 5.36. The summed E-state index contributed by atoms with van der Waals surface area (Å²) >= 11 is 6.36. The molecule has 0 aliphatic carbocycles. The summed E-state index contributed by atoms with van der Waals surface area (Å²) in [5, 5.41) is 11.2. The normalized spacial score (nSPS) is 10.3. The SMILES string of the molecule is O=[N+]([O-])c1ccc(Oc2cc(F)cc(Br)c2)cc1CBr. The molecule has 7 heteroatoms. The average molecular weight is 405 g/mol. The van der Waals surface area contributed by atoms with Crippen LogP contribution in [0.25, 0.3) is 0 Å². The molecule has 0 aromatic heterocycles. The van der Waals surface area contributed by atoms with Gasteiger partial charge in [0.2, 0.25) is 0 Å². The number of halogens is 3. The van der Waals surface area contributed by atoms with Gasteiger partial charge in [0.05, 0.1) is 4.92 Å². The van der Waals surface area contributed by atoms with Crippen molar-refractivity contribution in [3.63, 3.8) is 0 Å². The van der Waals surface area contributed by atoms with Crippen LogP contribution in [-0.2, 0) is 5.33 Å². The molecule has 2 aromatic rings. The van der Waals surface area contributed by atoms with E-state index in [9.17, 15) is 14.5 Å². The highest BCUT2D eigenvalue weighted by Gasteiger charge is 2.14. The van der Waals surface area contributed by atoms with Gasteiger partial charge in [0.15, 0.2) is 0 Å². The van der Waals surface area contributed by atoms with Crippen LogP contribution in [0.2, 0.25) is 0 Å². The minimum atomic E-state index is -0.459. The summed E-state index contributed by atoms with van der Waals surface area (Å²) in [6.07, 6.45) is 0. The van der Waals surface area contributed by atoms with Crippen molar-refractivity contribution in [3.05, 3.63) is 62.4 Å². The summed E-state index contributed by atoms with van der Waals surface area (Å²) in [6, 6.07) is 8.54. The molecule has 0 amide bonds. The molecular weight excluding hydrogens is 397 g/mol. The molecule has 0 bridgehead atoms. The van der Waals surface area contributed by atoms with Gasteiger partial charge in [0, 0.05) is 27.5 Å². The lowest BCUT2D eigenvalue weighted by Crippen LogP contribution is -1.94. The predicted molar refractivity (Wildman–Crippen MR) is 79.9 cm³/mol. The van der Waals surface area contributed by atoms with E-state index < -0.39 is 10.7 Å². The molecule has 0 atom stereocenters. The van der Waals surface area contributed by atoms with Gasteiger partial charge in [0.1, 0.15) is 17.3 Å². The van der Waals surface area contributed by atoms with Crippen LogP contribution in [0, 0.1) is 15.9 Å². The molecule has 104 valence electrons. The average Bonchev–Trinajstić information content (AvgIpc) is 2.37. The summed E-state index contributed by atoms with van der Waals surface area (Å²) in [4.78, 5) is 10.4. The summed E-state index contributed by atoms with van der Waals surface area (Å²) in [6.45, 7) is 0. The second kappa shape index (κ2) is 6.32. The Balaban J connectivity index is 2.32. The molecular formula is C13H8Br2FNO3. The summed E-state index contributed by atoms with van der Waals surface area (Å²) in [5.74, 6) is 0.283. The first-order valence-corrected chi connectivity index (χ1v) is 7.38. The van der Waals surface area contributed by atoms with E-state index in [0.29, 0.717) is 26.9 Å². The molecule has 0 spiro atoms. The number of alkyl halides is 1. The third kappa shape index (κ3) is 3.55.